The van der Waals surface area contributed by atoms with E-state index in [4.69, 9.17) is 4.74 Å². The molecule has 1 aromatic carbocycles. The number of nitrogens with zero attached hydrogens (tertiary/aromatic N) is 1. The Bertz CT molecular complexity index is 554. The molecule has 0 saturated carbocycles. The standard InChI is InChI=1S/C18H24N2O/c1-4-9-20-17(12-15-7-10-19-11-8-15)16-6-5-14(2)18(13-16)21-3/h5-8,10-11,13,17,20H,4,9,12H2,1-3H3. The lowest BCUT2D eigenvalue weighted by Gasteiger charge is -2.20. The van der Waals surface area contributed by atoms with Gasteiger partial charge in [-0.2, -0.15) is 0 Å². The number of ether oxygens (including phenoxy) is 1. The third kappa shape index (κ3) is 4.30. The highest BCUT2D eigenvalue weighted by Gasteiger charge is 2.13. The summed E-state index contributed by atoms with van der Waals surface area (Å²) in [6.07, 6.45) is 5.77. The Morgan fingerprint density at radius 3 is 2.62 bits per heavy atom. The highest BCUT2D eigenvalue weighted by molar-refractivity contribution is 5.38. The van der Waals surface area contributed by atoms with Crippen molar-refractivity contribution in [2.75, 3.05) is 13.7 Å². The number of pyridine rings is 1. The van der Waals surface area contributed by atoms with Gasteiger partial charge in [0.1, 0.15) is 5.75 Å². The molecule has 0 aliphatic rings. The minimum Gasteiger partial charge on any atom is -0.496 e. The minimum atomic E-state index is 0.293. The largest absolute Gasteiger partial charge is 0.496 e. The lowest BCUT2D eigenvalue weighted by molar-refractivity contribution is 0.409. The number of aryl methyl sites for hydroxylation is 1. The summed E-state index contributed by atoms with van der Waals surface area (Å²) in [5.74, 6) is 0.950. The maximum Gasteiger partial charge on any atom is 0.122 e. The molecule has 2 aromatic rings. The summed E-state index contributed by atoms with van der Waals surface area (Å²) >= 11 is 0. The van der Waals surface area contributed by atoms with Crippen molar-refractivity contribution in [3.8, 4) is 5.75 Å². The average Bonchev–Trinajstić information content (AvgIpc) is 2.53. The fourth-order valence-corrected chi connectivity index (χ4v) is 2.43. The van der Waals surface area contributed by atoms with Gasteiger partial charge in [-0.1, -0.05) is 19.1 Å². The molecule has 1 aromatic heterocycles. The molecular weight excluding hydrogens is 260 g/mol. The van der Waals surface area contributed by atoms with Gasteiger partial charge in [-0.3, -0.25) is 4.98 Å². The van der Waals surface area contributed by atoms with Crippen molar-refractivity contribution in [1.82, 2.24) is 10.3 Å². The van der Waals surface area contributed by atoms with Gasteiger partial charge in [0.25, 0.3) is 0 Å². The van der Waals surface area contributed by atoms with E-state index >= 15 is 0 Å². The molecule has 0 saturated heterocycles. The van der Waals surface area contributed by atoms with Gasteiger partial charge in [0.15, 0.2) is 0 Å². The number of aromatic nitrogens is 1. The normalized spacial score (nSPS) is 12.1. The van der Waals surface area contributed by atoms with Crippen LogP contribution in [0.5, 0.6) is 5.75 Å². The number of hydrogen-bond acceptors (Lipinski definition) is 3. The summed E-state index contributed by atoms with van der Waals surface area (Å²) in [5, 5.41) is 3.63. The van der Waals surface area contributed by atoms with Crippen molar-refractivity contribution < 1.29 is 4.74 Å². The molecule has 1 N–H and O–H groups in total. The number of methoxy groups -OCH3 is 1. The SMILES string of the molecule is CCCNC(Cc1ccncc1)c1ccc(C)c(OC)c1. The zero-order chi connectivity index (χ0) is 15.1. The smallest absolute Gasteiger partial charge is 0.122 e. The molecule has 0 spiro atoms. The summed E-state index contributed by atoms with van der Waals surface area (Å²) in [5.41, 5.74) is 3.72. The van der Waals surface area contributed by atoms with Crippen LogP contribution in [-0.2, 0) is 6.42 Å². The van der Waals surface area contributed by atoms with Gasteiger partial charge in [0.05, 0.1) is 7.11 Å². The van der Waals surface area contributed by atoms with E-state index in [1.54, 1.807) is 7.11 Å². The molecule has 1 unspecified atom stereocenters. The van der Waals surface area contributed by atoms with E-state index in [1.807, 2.05) is 12.4 Å². The summed E-state index contributed by atoms with van der Waals surface area (Å²) in [6.45, 7) is 5.26. The molecule has 2 rings (SSSR count). The number of hydrogen-bond donors (Lipinski definition) is 1. The van der Waals surface area contributed by atoms with E-state index in [1.165, 1.54) is 16.7 Å². The Kier molecular flexibility index (Phi) is 5.76. The maximum absolute atomic E-state index is 5.45. The molecular formula is C18H24N2O. The van der Waals surface area contributed by atoms with E-state index in [-0.39, 0.29) is 0 Å². The fourth-order valence-electron chi connectivity index (χ4n) is 2.43. The highest BCUT2D eigenvalue weighted by Crippen LogP contribution is 2.25. The van der Waals surface area contributed by atoms with Gasteiger partial charge < -0.3 is 10.1 Å². The monoisotopic (exact) mass is 284 g/mol. The van der Waals surface area contributed by atoms with Crippen LogP contribution in [0.2, 0.25) is 0 Å². The van der Waals surface area contributed by atoms with Crippen molar-refractivity contribution in [2.45, 2.75) is 32.7 Å². The van der Waals surface area contributed by atoms with Crippen LogP contribution >= 0.6 is 0 Å². The topological polar surface area (TPSA) is 34.2 Å². The molecule has 1 atom stereocenters. The van der Waals surface area contributed by atoms with Crippen molar-refractivity contribution in [2.24, 2.45) is 0 Å². The molecule has 0 amide bonds. The lowest BCUT2D eigenvalue weighted by Crippen LogP contribution is -2.24. The second-order valence-corrected chi connectivity index (χ2v) is 5.30. The molecule has 0 aliphatic carbocycles. The maximum atomic E-state index is 5.45. The van der Waals surface area contributed by atoms with Gasteiger partial charge in [0, 0.05) is 18.4 Å². The van der Waals surface area contributed by atoms with E-state index < -0.39 is 0 Å². The third-order valence-electron chi connectivity index (χ3n) is 3.66. The van der Waals surface area contributed by atoms with Gasteiger partial charge in [-0.15, -0.1) is 0 Å². The fraction of sp³-hybridized carbons (Fsp3) is 0.389. The summed E-state index contributed by atoms with van der Waals surface area (Å²) < 4.78 is 5.45. The number of nitrogens with one attached hydrogen (secondary N) is 1. The number of benzene rings is 1. The molecule has 0 radical (unpaired) electrons. The summed E-state index contributed by atoms with van der Waals surface area (Å²) in [6, 6.07) is 10.9. The number of rotatable bonds is 7. The third-order valence-corrected chi connectivity index (χ3v) is 3.66. The molecule has 0 aliphatic heterocycles. The predicted octanol–water partition coefficient (Wildman–Crippen LogP) is 3.68. The second-order valence-electron chi connectivity index (χ2n) is 5.30. The van der Waals surface area contributed by atoms with Crippen LogP contribution in [0.4, 0.5) is 0 Å². The lowest BCUT2D eigenvalue weighted by atomic mass is 9.98. The average molecular weight is 284 g/mol. The zero-order valence-electron chi connectivity index (χ0n) is 13.1. The molecule has 1 heterocycles. The van der Waals surface area contributed by atoms with Crippen molar-refractivity contribution in [3.05, 3.63) is 59.4 Å². The Hall–Kier alpha value is -1.87. The van der Waals surface area contributed by atoms with Crippen LogP contribution in [0.25, 0.3) is 0 Å². The Morgan fingerprint density at radius 2 is 1.95 bits per heavy atom. The zero-order valence-corrected chi connectivity index (χ0v) is 13.1. The molecule has 0 bridgehead atoms. The minimum absolute atomic E-state index is 0.293. The Labute approximate surface area is 127 Å². The molecule has 3 heteroatoms. The summed E-state index contributed by atoms with van der Waals surface area (Å²) in [7, 11) is 1.73. The molecule has 112 valence electrons. The quantitative estimate of drug-likeness (QED) is 0.842. The molecule has 3 nitrogen and oxygen atoms in total. The van der Waals surface area contributed by atoms with E-state index in [9.17, 15) is 0 Å². The van der Waals surface area contributed by atoms with E-state index in [0.29, 0.717) is 6.04 Å². The van der Waals surface area contributed by atoms with Crippen LogP contribution in [-0.4, -0.2) is 18.6 Å². The molecule has 0 fully saturated rings. The van der Waals surface area contributed by atoms with Gasteiger partial charge in [-0.25, -0.2) is 0 Å². The Balaban J connectivity index is 2.22. The van der Waals surface area contributed by atoms with Crippen LogP contribution < -0.4 is 10.1 Å². The van der Waals surface area contributed by atoms with Crippen LogP contribution in [0, 0.1) is 6.92 Å². The van der Waals surface area contributed by atoms with Gasteiger partial charge in [0.2, 0.25) is 0 Å². The van der Waals surface area contributed by atoms with Crippen LogP contribution in [0.1, 0.15) is 36.1 Å². The van der Waals surface area contributed by atoms with E-state index in [0.717, 1.165) is 25.1 Å². The van der Waals surface area contributed by atoms with Gasteiger partial charge >= 0.3 is 0 Å². The first-order valence-corrected chi connectivity index (χ1v) is 7.51. The molecule has 21 heavy (non-hydrogen) atoms. The first-order valence-electron chi connectivity index (χ1n) is 7.51. The first-order chi connectivity index (χ1) is 10.2. The summed E-state index contributed by atoms with van der Waals surface area (Å²) in [4.78, 5) is 4.09. The van der Waals surface area contributed by atoms with Crippen molar-refractivity contribution in [3.63, 3.8) is 0 Å². The first kappa shape index (κ1) is 15.5. The Morgan fingerprint density at radius 1 is 1.19 bits per heavy atom. The van der Waals surface area contributed by atoms with Gasteiger partial charge in [-0.05, 0) is 61.2 Å². The van der Waals surface area contributed by atoms with Crippen molar-refractivity contribution >= 4 is 0 Å². The van der Waals surface area contributed by atoms with Crippen LogP contribution in [0.3, 0.4) is 0 Å². The highest BCUT2D eigenvalue weighted by atomic mass is 16.5. The predicted molar refractivity (Wildman–Crippen MR) is 86.7 cm³/mol. The van der Waals surface area contributed by atoms with E-state index in [2.05, 4.69) is 54.5 Å². The second kappa shape index (κ2) is 7.79. The van der Waals surface area contributed by atoms with Crippen molar-refractivity contribution in [1.29, 1.82) is 0 Å². The van der Waals surface area contributed by atoms with Crippen LogP contribution in [0.15, 0.2) is 42.7 Å².